The van der Waals surface area contributed by atoms with Crippen LogP contribution in [0.4, 0.5) is 0 Å². The van der Waals surface area contributed by atoms with Gasteiger partial charge in [0.15, 0.2) is 6.29 Å². The van der Waals surface area contributed by atoms with Crippen molar-refractivity contribution < 1.29 is 9.47 Å². The molecule has 3 aliphatic rings. The molecule has 0 aromatic carbocycles. The highest BCUT2D eigenvalue weighted by atomic mass is 16.7. The fourth-order valence-corrected chi connectivity index (χ4v) is 4.53. The Morgan fingerprint density at radius 2 is 2.04 bits per heavy atom. The van der Waals surface area contributed by atoms with E-state index in [2.05, 4.69) is 37.8 Å². The van der Waals surface area contributed by atoms with Crippen molar-refractivity contribution in [3.8, 4) is 0 Å². The minimum Gasteiger partial charge on any atom is -0.350 e. The molecule has 0 N–H and O–H groups in total. The third-order valence-electron chi connectivity index (χ3n) is 6.04. The van der Waals surface area contributed by atoms with Gasteiger partial charge < -0.3 is 14.4 Å². The van der Waals surface area contributed by atoms with Gasteiger partial charge in [0.05, 0.1) is 12.7 Å². The Balaban J connectivity index is 1.45. The average molecular weight is 348 g/mol. The van der Waals surface area contributed by atoms with Crippen molar-refractivity contribution in [1.82, 2.24) is 4.90 Å². The Bertz CT molecular complexity index is 474. The van der Waals surface area contributed by atoms with Crippen molar-refractivity contribution in [2.75, 3.05) is 26.2 Å². The molecular weight excluding hydrogens is 310 g/mol. The van der Waals surface area contributed by atoms with Gasteiger partial charge in [-0.2, -0.15) is 0 Å². The summed E-state index contributed by atoms with van der Waals surface area (Å²) in [6.45, 7) is 11.1. The minimum absolute atomic E-state index is 0.0142. The predicted octanol–water partition coefficient (Wildman–Crippen LogP) is 4.93. The number of rotatable bonds is 6. The van der Waals surface area contributed by atoms with E-state index in [1.165, 1.54) is 57.2 Å². The molecule has 0 saturated carbocycles. The average Bonchev–Trinajstić information content (AvgIpc) is 3.04. The van der Waals surface area contributed by atoms with Crippen molar-refractivity contribution in [3.05, 3.63) is 23.3 Å². The van der Waals surface area contributed by atoms with E-state index in [4.69, 9.17) is 9.47 Å². The molecule has 0 aromatic rings. The maximum atomic E-state index is 6.32. The van der Waals surface area contributed by atoms with Crippen molar-refractivity contribution in [1.29, 1.82) is 0 Å². The summed E-state index contributed by atoms with van der Waals surface area (Å²) in [7, 11) is 0. The Labute approximate surface area is 154 Å². The fourth-order valence-electron chi connectivity index (χ4n) is 4.53. The van der Waals surface area contributed by atoms with Gasteiger partial charge in [-0.1, -0.05) is 36.6 Å². The van der Waals surface area contributed by atoms with Crippen LogP contribution in [0.3, 0.4) is 0 Å². The van der Waals surface area contributed by atoms with Crippen molar-refractivity contribution in [2.45, 2.75) is 78.1 Å². The molecule has 3 rings (SSSR count). The van der Waals surface area contributed by atoms with Crippen LogP contribution in [-0.4, -0.2) is 43.5 Å². The molecule has 0 unspecified atom stereocenters. The lowest BCUT2D eigenvalue weighted by Crippen LogP contribution is -2.38. The number of hydrogen-bond donors (Lipinski definition) is 0. The molecule has 0 amide bonds. The highest BCUT2D eigenvalue weighted by Crippen LogP contribution is 2.37. The van der Waals surface area contributed by atoms with Crippen LogP contribution >= 0.6 is 0 Å². The smallest absolute Gasteiger partial charge is 0.161 e. The van der Waals surface area contributed by atoms with E-state index in [1.54, 1.807) is 5.57 Å². The summed E-state index contributed by atoms with van der Waals surface area (Å²) in [5.41, 5.74) is 3.05. The van der Waals surface area contributed by atoms with E-state index in [1.807, 2.05) is 0 Å². The van der Waals surface area contributed by atoms with Crippen LogP contribution in [0, 0.1) is 11.8 Å². The SMILES string of the molecule is CC(C)=CCCC1=CC[C@H]([C@@H]2OC[C@H](CN3CCCCC3)O2)[C@@H](C)C1. The minimum atomic E-state index is 0.0142. The summed E-state index contributed by atoms with van der Waals surface area (Å²) in [4.78, 5) is 2.56. The topological polar surface area (TPSA) is 21.7 Å². The summed E-state index contributed by atoms with van der Waals surface area (Å²) >= 11 is 0. The van der Waals surface area contributed by atoms with E-state index in [-0.39, 0.29) is 12.4 Å². The van der Waals surface area contributed by atoms with Crippen LogP contribution in [-0.2, 0) is 9.47 Å². The number of nitrogens with zero attached hydrogens (tertiary/aromatic N) is 1. The monoisotopic (exact) mass is 347 g/mol. The van der Waals surface area contributed by atoms with Gasteiger partial charge in [-0.3, -0.25) is 0 Å². The number of likely N-dealkylation sites (tertiary alicyclic amines) is 1. The van der Waals surface area contributed by atoms with Crippen LogP contribution in [0.5, 0.6) is 0 Å². The number of ether oxygens (including phenoxy) is 2. The van der Waals surface area contributed by atoms with Gasteiger partial charge in [-0.15, -0.1) is 0 Å². The lowest BCUT2D eigenvalue weighted by Gasteiger charge is -2.32. The van der Waals surface area contributed by atoms with E-state index in [0.717, 1.165) is 19.6 Å². The Morgan fingerprint density at radius 3 is 2.76 bits per heavy atom. The summed E-state index contributed by atoms with van der Waals surface area (Å²) < 4.78 is 12.4. The molecule has 0 radical (unpaired) electrons. The maximum Gasteiger partial charge on any atom is 0.161 e. The summed E-state index contributed by atoms with van der Waals surface area (Å²) in [5.74, 6) is 1.18. The first kappa shape index (κ1) is 19.1. The highest BCUT2D eigenvalue weighted by molar-refractivity contribution is 5.10. The van der Waals surface area contributed by atoms with Gasteiger partial charge in [0.25, 0.3) is 0 Å². The van der Waals surface area contributed by atoms with Crippen molar-refractivity contribution >= 4 is 0 Å². The Morgan fingerprint density at radius 1 is 1.24 bits per heavy atom. The van der Waals surface area contributed by atoms with E-state index < -0.39 is 0 Å². The normalized spacial score (nSPS) is 34.0. The second-order valence-corrected chi connectivity index (χ2v) is 8.58. The molecule has 0 aromatic heterocycles. The lowest BCUT2D eigenvalue weighted by atomic mass is 9.79. The lowest BCUT2D eigenvalue weighted by molar-refractivity contribution is -0.113. The second-order valence-electron chi connectivity index (χ2n) is 8.58. The molecule has 3 heteroatoms. The standard InChI is InChI=1S/C22H37NO2/c1-17(2)8-7-9-19-10-11-21(18(3)14-19)22-24-16-20(25-22)15-23-12-5-4-6-13-23/h8,10,18,20-22H,4-7,9,11-16H2,1-3H3/t18-,20-,21-,22+/m0/s1. The molecule has 2 saturated heterocycles. The second kappa shape index (κ2) is 9.34. The molecule has 1 aliphatic carbocycles. The first-order chi connectivity index (χ1) is 12.1. The molecule has 2 aliphatic heterocycles. The molecule has 0 bridgehead atoms. The van der Waals surface area contributed by atoms with Gasteiger partial charge in [0.2, 0.25) is 0 Å². The number of allylic oxidation sites excluding steroid dienone is 4. The molecule has 2 heterocycles. The quantitative estimate of drug-likeness (QED) is 0.636. The van der Waals surface area contributed by atoms with E-state index >= 15 is 0 Å². The Hall–Kier alpha value is -0.640. The van der Waals surface area contributed by atoms with Gasteiger partial charge in [-0.25, -0.2) is 0 Å². The third-order valence-corrected chi connectivity index (χ3v) is 6.04. The van der Waals surface area contributed by atoms with Crippen LogP contribution in [0.15, 0.2) is 23.3 Å². The largest absolute Gasteiger partial charge is 0.350 e. The van der Waals surface area contributed by atoms with Gasteiger partial charge in [-0.05, 0) is 71.4 Å². The van der Waals surface area contributed by atoms with Crippen LogP contribution < -0.4 is 0 Å². The van der Waals surface area contributed by atoms with Gasteiger partial charge in [0, 0.05) is 12.5 Å². The molecule has 4 atom stereocenters. The van der Waals surface area contributed by atoms with Gasteiger partial charge in [0.1, 0.15) is 0 Å². The maximum absolute atomic E-state index is 6.32. The fraction of sp³-hybridized carbons (Fsp3) is 0.818. The molecular formula is C22H37NO2. The summed E-state index contributed by atoms with van der Waals surface area (Å²) in [6, 6.07) is 0. The molecule has 3 nitrogen and oxygen atoms in total. The third kappa shape index (κ3) is 5.67. The van der Waals surface area contributed by atoms with Crippen molar-refractivity contribution in [3.63, 3.8) is 0 Å². The zero-order valence-electron chi connectivity index (χ0n) is 16.5. The summed E-state index contributed by atoms with van der Waals surface area (Å²) in [6.07, 6.45) is 13.9. The zero-order valence-corrected chi connectivity index (χ0v) is 16.5. The molecule has 0 spiro atoms. The number of piperidine rings is 1. The molecule has 2 fully saturated rings. The van der Waals surface area contributed by atoms with Crippen LogP contribution in [0.25, 0.3) is 0 Å². The Kier molecular flexibility index (Phi) is 7.15. The van der Waals surface area contributed by atoms with Crippen LogP contribution in [0.1, 0.15) is 65.7 Å². The number of hydrogen-bond acceptors (Lipinski definition) is 3. The van der Waals surface area contributed by atoms with E-state index in [0.29, 0.717) is 11.8 Å². The van der Waals surface area contributed by atoms with Crippen LogP contribution in [0.2, 0.25) is 0 Å². The van der Waals surface area contributed by atoms with E-state index in [9.17, 15) is 0 Å². The molecule has 142 valence electrons. The summed E-state index contributed by atoms with van der Waals surface area (Å²) in [5, 5.41) is 0. The molecule has 25 heavy (non-hydrogen) atoms. The first-order valence-electron chi connectivity index (χ1n) is 10.4. The highest BCUT2D eigenvalue weighted by Gasteiger charge is 2.37. The first-order valence-corrected chi connectivity index (χ1v) is 10.4. The zero-order chi connectivity index (χ0) is 17.6. The van der Waals surface area contributed by atoms with Crippen molar-refractivity contribution in [2.24, 2.45) is 11.8 Å². The predicted molar refractivity (Wildman–Crippen MR) is 104 cm³/mol. The van der Waals surface area contributed by atoms with Gasteiger partial charge >= 0.3 is 0 Å².